The van der Waals surface area contributed by atoms with Crippen molar-refractivity contribution in [1.29, 1.82) is 0 Å². The van der Waals surface area contributed by atoms with Gasteiger partial charge in [0.15, 0.2) is 5.89 Å². The van der Waals surface area contributed by atoms with Crippen LogP contribution in [0.1, 0.15) is 37.3 Å². The molecule has 4 heteroatoms. The number of oxazole rings is 1. The largest absolute Gasteiger partial charge is 0.445 e. The number of nitrogens with zero attached hydrogens (tertiary/aromatic N) is 1. The smallest absolute Gasteiger partial charge is 0.194 e. The summed E-state index contributed by atoms with van der Waals surface area (Å²) >= 11 is 5.62. The molecule has 0 aliphatic carbocycles. The third-order valence-corrected chi connectivity index (χ3v) is 2.96. The van der Waals surface area contributed by atoms with E-state index in [-0.39, 0.29) is 0 Å². The number of hydrogen-bond donors (Lipinski definition) is 0. The predicted molar refractivity (Wildman–Crippen MR) is 58.3 cm³/mol. The summed E-state index contributed by atoms with van der Waals surface area (Å²) < 4.78 is 11.2. The molecule has 0 amide bonds. The molecule has 0 spiro atoms. The lowest BCUT2D eigenvalue weighted by molar-refractivity contribution is 0.122. The summed E-state index contributed by atoms with van der Waals surface area (Å²) in [6.45, 7) is 2.84. The Kier molecular flexibility index (Phi) is 3.65. The van der Waals surface area contributed by atoms with Gasteiger partial charge in [0.05, 0.1) is 18.9 Å². The molecule has 0 aromatic carbocycles. The van der Waals surface area contributed by atoms with E-state index in [0.717, 1.165) is 37.5 Å². The fraction of sp³-hybridized carbons (Fsp3) is 0.727. The minimum Gasteiger partial charge on any atom is -0.445 e. The number of aryl methyl sites for hydroxylation is 1. The number of rotatable bonds is 4. The molecule has 1 aliphatic rings. The minimum absolute atomic E-state index is 0.339. The first kappa shape index (κ1) is 11.0. The first-order valence-corrected chi connectivity index (χ1v) is 5.95. The van der Waals surface area contributed by atoms with Gasteiger partial charge in [-0.1, -0.05) is 0 Å². The summed E-state index contributed by atoms with van der Waals surface area (Å²) in [6, 6.07) is 0. The second-order valence-electron chi connectivity index (χ2n) is 4.03. The third kappa shape index (κ3) is 2.73. The summed E-state index contributed by atoms with van der Waals surface area (Å²) in [6.07, 6.45) is 4.94. The first-order valence-electron chi connectivity index (χ1n) is 5.41. The van der Waals surface area contributed by atoms with Gasteiger partial charge in [-0.3, -0.25) is 0 Å². The van der Waals surface area contributed by atoms with Gasteiger partial charge in [0.25, 0.3) is 0 Å². The van der Waals surface area contributed by atoms with Gasteiger partial charge in [0.2, 0.25) is 0 Å². The van der Waals surface area contributed by atoms with Crippen molar-refractivity contribution in [3.8, 4) is 0 Å². The van der Waals surface area contributed by atoms with Crippen molar-refractivity contribution in [2.75, 3.05) is 12.5 Å². The maximum absolute atomic E-state index is 5.67. The molecule has 2 atom stereocenters. The van der Waals surface area contributed by atoms with Crippen molar-refractivity contribution < 1.29 is 9.15 Å². The van der Waals surface area contributed by atoms with Gasteiger partial charge in [-0.15, -0.1) is 11.6 Å². The Morgan fingerprint density at radius 1 is 1.60 bits per heavy atom. The Bertz CT molecular complexity index is 313. The van der Waals surface area contributed by atoms with E-state index in [1.54, 1.807) is 0 Å². The quantitative estimate of drug-likeness (QED) is 0.745. The molecule has 84 valence electrons. The maximum atomic E-state index is 5.67. The van der Waals surface area contributed by atoms with Crippen molar-refractivity contribution in [1.82, 2.24) is 4.98 Å². The third-order valence-electron chi connectivity index (χ3n) is 2.70. The number of halogens is 1. The van der Waals surface area contributed by atoms with E-state index >= 15 is 0 Å². The Labute approximate surface area is 94.8 Å². The molecule has 0 bridgehead atoms. The van der Waals surface area contributed by atoms with E-state index in [9.17, 15) is 0 Å². The van der Waals surface area contributed by atoms with Crippen molar-refractivity contribution in [3.05, 3.63) is 17.8 Å². The standard InChI is InChI=1S/C11H16ClNO2/c1-8-5-9(7-14-8)10-6-13-11(15-10)3-2-4-12/h6,8-9H,2-5,7H2,1H3. The van der Waals surface area contributed by atoms with E-state index in [2.05, 4.69) is 11.9 Å². The molecule has 2 unspecified atom stereocenters. The highest BCUT2D eigenvalue weighted by Gasteiger charge is 2.26. The molecule has 15 heavy (non-hydrogen) atoms. The Morgan fingerprint density at radius 2 is 2.47 bits per heavy atom. The van der Waals surface area contributed by atoms with Crippen LogP contribution >= 0.6 is 11.6 Å². The van der Waals surface area contributed by atoms with E-state index in [0.29, 0.717) is 17.9 Å². The van der Waals surface area contributed by atoms with E-state index < -0.39 is 0 Å². The molecule has 0 saturated carbocycles. The van der Waals surface area contributed by atoms with Crippen LogP contribution in [0.5, 0.6) is 0 Å². The Balaban J connectivity index is 1.94. The Morgan fingerprint density at radius 3 is 3.13 bits per heavy atom. The zero-order chi connectivity index (χ0) is 10.7. The average Bonchev–Trinajstić information content (AvgIpc) is 2.83. The second kappa shape index (κ2) is 4.99. The summed E-state index contributed by atoms with van der Waals surface area (Å²) in [5, 5.41) is 0. The second-order valence-corrected chi connectivity index (χ2v) is 4.40. The molecule has 2 heterocycles. The summed E-state index contributed by atoms with van der Waals surface area (Å²) in [4.78, 5) is 4.24. The number of ether oxygens (including phenoxy) is 1. The maximum Gasteiger partial charge on any atom is 0.194 e. The molecule has 0 radical (unpaired) electrons. The van der Waals surface area contributed by atoms with E-state index in [4.69, 9.17) is 20.8 Å². The van der Waals surface area contributed by atoms with Crippen molar-refractivity contribution >= 4 is 11.6 Å². The van der Waals surface area contributed by atoms with Gasteiger partial charge in [0.1, 0.15) is 5.76 Å². The number of alkyl halides is 1. The van der Waals surface area contributed by atoms with Gasteiger partial charge >= 0.3 is 0 Å². The van der Waals surface area contributed by atoms with Crippen LogP contribution in [0.25, 0.3) is 0 Å². The lowest BCUT2D eigenvalue weighted by Gasteiger charge is -2.01. The molecule has 1 aromatic heterocycles. The van der Waals surface area contributed by atoms with Crippen molar-refractivity contribution in [2.24, 2.45) is 0 Å². The highest BCUT2D eigenvalue weighted by molar-refractivity contribution is 6.17. The number of aromatic nitrogens is 1. The van der Waals surface area contributed by atoms with Crippen LogP contribution in [0.4, 0.5) is 0 Å². The zero-order valence-corrected chi connectivity index (χ0v) is 9.67. The van der Waals surface area contributed by atoms with Crippen LogP contribution in [-0.2, 0) is 11.2 Å². The van der Waals surface area contributed by atoms with Gasteiger partial charge < -0.3 is 9.15 Å². The Hall–Kier alpha value is -0.540. The molecule has 2 rings (SSSR count). The first-order chi connectivity index (χ1) is 7.29. The van der Waals surface area contributed by atoms with Crippen molar-refractivity contribution in [2.45, 2.75) is 38.2 Å². The fourth-order valence-electron chi connectivity index (χ4n) is 1.86. The average molecular weight is 230 g/mol. The summed E-state index contributed by atoms with van der Waals surface area (Å²) in [7, 11) is 0. The van der Waals surface area contributed by atoms with Gasteiger partial charge in [-0.25, -0.2) is 4.98 Å². The molecule has 1 aliphatic heterocycles. The van der Waals surface area contributed by atoms with Gasteiger partial charge in [0, 0.05) is 18.2 Å². The van der Waals surface area contributed by atoms with Gasteiger partial charge in [-0.2, -0.15) is 0 Å². The highest BCUT2D eigenvalue weighted by atomic mass is 35.5. The number of hydrogen-bond acceptors (Lipinski definition) is 3. The van der Waals surface area contributed by atoms with Crippen LogP contribution in [0.3, 0.4) is 0 Å². The molecule has 3 nitrogen and oxygen atoms in total. The zero-order valence-electron chi connectivity index (χ0n) is 8.91. The minimum atomic E-state index is 0.339. The van der Waals surface area contributed by atoms with Crippen LogP contribution in [0, 0.1) is 0 Å². The molecule has 1 saturated heterocycles. The predicted octanol–water partition coefficient (Wildman–Crippen LogP) is 2.74. The van der Waals surface area contributed by atoms with Crippen LogP contribution in [0.2, 0.25) is 0 Å². The molecule has 1 aromatic rings. The monoisotopic (exact) mass is 229 g/mol. The van der Waals surface area contributed by atoms with Crippen molar-refractivity contribution in [3.63, 3.8) is 0 Å². The molecular formula is C11H16ClNO2. The van der Waals surface area contributed by atoms with Gasteiger partial charge in [-0.05, 0) is 19.8 Å². The van der Waals surface area contributed by atoms with Crippen LogP contribution < -0.4 is 0 Å². The SMILES string of the molecule is CC1CC(c2cnc(CCCCl)o2)CO1. The fourth-order valence-corrected chi connectivity index (χ4v) is 2.00. The molecule has 0 N–H and O–H groups in total. The van der Waals surface area contributed by atoms with E-state index in [1.807, 2.05) is 6.20 Å². The highest BCUT2D eigenvalue weighted by Crippen LogP contribution is 2.29. The molecule has 1 fully saturated rings. The topological polar surface area (TPSA) is 35.3 Å². The van der Waals surface area contributed by atoms with E-state index in [1.165, 1.54) is 0 Å². The van der Waals surface area contributed by atoms with Crippen LogP contribution in [-0.4, -0.2) is 23.6 Å². The summed E-state index contributed by atoms with van der Waals surface area (Å²) in [5.41, 5.74) is 0. The lowest BCUT2D eigenvalue weighted by atomic mass is 10.0. The molecular weight excluding hydrogens is 214 g/mol. The lowest BCUT2D eigenvalue weighted by Crippen LogP contribution is -1.96. The summed E-state index contributed by atoms with van der Waals surface area (Å²) in [5.74, 6) is 2.80. The normalized spacial score (nSPS) is 26.0. The van der Waals surface area contributed by atoms with Crippen LogP contribution in [0.15, 0.2) is 10.6 Å².